The molecule has 114 valence electrons. The Morgan fingerprint density at radius 1 is 1.36 bits per heavy atom. The molecule has 0 radical (unpaired) electrons. The van der Waals surface area contributed by atoms with Crippen molar-refractivity contribution in [2.75, 3.05) is 18.8 Å². The van der Waals surface area contributed by atoms with Gasteiger partial charge in [0.15, 0.2) is 0 Å². The molecule has 0 bridgehead atoms. The van der Waals surface area contributed by atoms with E-state index >= 15 is 0 Å². The number of nitrogens with zero attached hydrogens (tertiary/aromatic N) is 5. The molecule has 10 heteroatoms. The number of nitrogens with one attached hydrogen (secondary N) is 1. The summed E-state index contributed by atoms with van der Waals surface area (Å²) in [5.41, 5.74) is 5.92. The highest BCUT2D eigenvalue weighted by Crippen LogP contribution is 2.15. The molecule has 1 aliphatic rings. The molecule has 3 rings (SSSR count). The molecule has 3 N–H and O–H groups in total. The first-order chi connectivity index (χ1) is 10.6. The summed E-state index contributed by atoms with van der Waals surface area (Å²) in [6.07, 6.45) is 3.47. The highest BCUT2D eigenvalue weighted by molar-refractivity contribution is 5.96. The van der Waals surface area contributed by atoms with Gasteiger partial charge in [0.2, 0.25) is 11.5 Å². The number of anilines is 1. The monoisotopic (exact) mass is 303 g/mol. The molecule has 1 atom stereocenters. The van der Waals surface area contributed by atoms with Crippen LogP contribution in [0, 0.1) is 0 Å². The number of carbonyl (C=O) groups excluding carboxylic acids is 2. The zero-order valence-corrected chi connectivity index (χ0v) is 11.5. The molecule has 0 spiro atoms. The van der Waals surface area contributed by atoms with Gasteiger partial charge in [-0.3, -0.25) is 9.59 Å². The number of likely N-dealkylation sites (tertiary alicyclic amines) is 1. The van der Waals surface area contributed by atoms with E-state index in [9.17, 15) is 9.59 Å². The van der Waals surface area contributed by atoms with Gasteiger partial charge in [-0.15, -0.1) is 0 Å². The van der Waals surface area contributed by atoms with Crippen LogP contribution in [0.25, 0.3) is 0 Å². The Morgan fingerprint density at radius 2 is 2.23 bits per heavy atom. The molecule has 1 saturated heterocycles. The van der Waals surface area contributed by atoms with E-state index < -0.39 is 0 Å². The summed E-state index contributed by atoms with van der Waals surface area (Å²) in [6.45, 7) is 0.861. The van der Waals surface area contributed by atoms with E-state index in [1.165, 1.54) is 12.4 Å². The number of amides is 2. The lowest BCUT2D eigenvalue weighted by Crippen LogP contribution is -2.38. The van der Waals surface area contributed by atoms with E-state index in [0.717, 1.165) is 0 Å². The van der Waals surface area contributed by atoms with Crippen molar-refractivity contribution >= 4 is 17.6 Å². The van der Waals surface area contributed by atoms with Gasteiger partial charge >= 0.3 is 0 Å². The van der Waals surface area contributed by atoms with Crippen LogP contribution in [0.2, 0.25) is 0 Å². The molecule has 0 aromatic carbocycles. The second-order valence-electron chi connectivity index (χ2n) is 4.84. The van der Waals surface area contributed by atoms with Crippen molar-refractivity contribution in [3.05, 3.63) is 29.7 Å². The standard InChI is InChI=1S/C12H13N7O3/c13-10-9(17-22-18-10)12(21)19-4-2-8(6-19)16-11(20)7-1-3-14-15-5-7/h1,3,5,8H,2,4,6H2,(H2,13,18)(H,16,20). The zero-order chi connectivity index (χ0) is 15.5. The Bertz CT molecular complexity index is 687. The molecular formula is C12H13N7O3. The predicted octanol–water partition coefficient (Wildman–Crippen LogP) is -0.914. The molecule has 2 amide bonds. The van der Waals surface area contributed by atoms with Crippen LogP contribution in [0.3, 0.4) is 0 Å². The average Bonchev–Trinajstić information content (AvgIpc) is 3.16. The first-order valence-electron chi connectivity index (χ1n) is 6.60. The van der Waals surface area contributed by atoms with Crippen LogP contribution in [0.4, 0.5) is 5.82 Å². The number of hydrogen-bond acceptors (Lipinski definition) is 8. The van der Waals surface area contributed by atoms with Gasteiger partial charge in [0.05, 0.1) is 18.0 Å². The second kappa shape index (κ2) is 5.76. The molecule has 2 aromatic heterocycles. The summed E-state index contributed by atoms with van der Waals surface area (Å²) in [5, 5.41) is 17.0. The lowest BCUT2D eigenvalue weighted by Gasteiger charge is -2.15. The molecule has 1 unspecified atom stereocenters. The van der Waals surface area contributed by atoms with Gasteiger partial charge in [0.1, 0.15) is 0 Å². The largest absolute Gasteiger partial charge is 0.379 e. The van der Waals surface area contributed by atoms with E-state index in [4.69, 9.17) is 5.73 Å². The van der Waals surface area contributed by atoms with Crippen molar-refractivity contribution in [2.45, 2.75) is 12.5 Å². The maximum absolute atomic E-state index is 12.2. The predicted molar refractivity (Wildman–Crippen MR) is 72.5 cm³/mol. The SMILES string of the molecule is Nc1nonc1C(=O)N1CCC(NC(=O)c2ccnnc2)C1. The minimum absolute atomic E-state index is 0.00897. The number of nitrogens with two attached hydrogens (primary N) is 1. The van der Waals surface area contributed by atoms with E-state index in [1.54, 1.807) is 11.0 Å². The molecule has 0 saturated carbocycles. The van der Waals surface area contributed by atoms with Gasteiger partial charge in [0, 0.05) is 19.1 Å². The van der Waals surface area contributed by atoms with Crippen molar-refractivity contribution in [3.8, 4) is 0 Å². The van der Waals surface area contributed by atoms with Gasteiger partial charge < -0.3 is 16.0 Å². The molecule has 2 aromatic rings. The van der Waals surface area contributed by atoms with Gasteiger partial charge in [0.25, 0.3) is 11.8 Å². The highest BCUT2D eigenvalue weighted by Gasteiger charge is 2.31. The summed E-state index contributed by atoms with van der Waals surface area (Å²) in [4.78, 5) is 25.8. The van der Waals surface area contributed by atoms with E-state index in [2.05, 4.69) is 30.5 Å². The molecule has 10 nitrogen and oxygen atoms in total. The Kier molecular flexibility index (Phi) is 3.64. The van der Waals surface area contributed by atoms with Crippen molar-refractivity contribution in [3.63, 3.8) is 0 Å². The highest BCUT2D eigenvalue weighted by atomic mass is 16.6. The third-order valence-electron chi connectivity index (χ3n) is 3.37. The summed E-state index contributed by atoms with van der Waals surface area (Å²) >= 11 is 0. The quantitative estimate of drug-likeness (QED) is 0.742. The number of hydrogen-bond donors (Lipinski definition) is 2. The molecule has 1 fully saturated rings. The fourth-order valence-corrected chi connectivity index (χ4v) is 2.25. The summed E-state index contributed by atoms with van der Waals surface area (Å²) < 4.78 is 4.42. The van der Waals surface area contributed by atoms with Crippen LogP contribution in [0.15, 0.2) is 23.1 Å². The fraction of sp³-hybridized carbons (Fsp3) is 0.333. The summed E-state index contributed by atoms with van der Waals surface area (Å²) in [6, 6.07) is 1.42. The maximum atomic E-state index is 12.2. The van der Waals surface area contributed by atoms with Gasteiger partial charge in [-0.05, 0) is 22.8 Å². The van der Waals surface area contributed by atoms with Crippen LogP contribution < -0.4 is 11.1 Å². The zero-order valence-electron chi connectivity index (χ0n) is 11.5. The first-order valence-corrected chi connectivity index (χ1v) is 6.60. The molecular weight excluding hydrogens is 290 g/mol. The molecule has 1 aliphatic heterocycles. The number of carbonyl (C=O) groups is 2. The second-order valence-corrected chi connectivity index (χ2v) is 4.84. The van der Waals surface area contributed by atoms with Crippen molar-refractivity contribution in [2.24, 2.45) is 0 Å². The van der Waals surface area contributed by atoms with Crippen LogP contribution >= 0.6 is 0 Å². The van der Waals surface area contributed by atoms with Crippen molar-refractivity contribution in [1.82, 2.24) is 30.7 Å². The van der Waals surface area contributed by atoms with Crippen LogP contribution in [-0.4, -0.2) is 56.4 Å². The van der Waals surface area contributed by atoms with Crippen molar-refractivity contribution in [1.29, 1.82) is 0 Å². The molecule has 0 aliphatic carbocycles. The maximum Gasteiger partial charge on any atom is 0.280 e. The Morgan fingerprint density at radius 3 is 2.91 bits per heavy atom. The summed E-state index contributed by atoms with van der Waals surface area (Å²) in [5.74, 6) is -0.654. The lowest BCUT2D eigenvalue weighted by molar-refractivity contribution is 0.0773. The van der Waals surface area contributed by atoms with Gasteiger partial charge in [-0.1, -0.05) is 0 Å². The average molecular weight is 303 g/mol. The third-order valence-corrected chi connectivity index (χ3v) is 3.37. The number of aromatic nitrogens is 4. The topological polar surface area (TPSA) is 140 Å². The van der Waals surface area contributed by atoms with Crippen molar-refractivity contribution < 1.29 is 14.2 Å². The minimum atomic E-state index is -0.360. The smallest absolute Gasteiger partial charge is 0.280 e. The normalized spacial score (nSPS) is 17.5. The van der Waals surface area contributed by atoms with Gasteiger partial charge in [-0.2, -0.15) is 10.2 Å². The Hall–Kier alpha value is -3.04. The van der Waals surface area contributed by atoms with Crippen LogP contribution in [0.1, 0.15) is 27.3 Å². The third kappa shape index (κ3) is 2.71. The Labute approximate surface area is 124 Å². The van der Waals surface area contributed by atoms with E-state index in [1.807, 2.05) is 0 Å². The first kappa shape index (κ1) is 13.9. The number of nitrogen functional groups attached to an aromatic ring is 1. The van der Waals surface area contributed by atoms with E-state index in [0.29, 0.717) is 25.1 Å². The van der Waals surface area contributed by atoms with Crippen LogP contribution in [0.5, 0.6) is 0 Å². The Balaban J connectivity index is 1.60. The lowest BCUT2D eigenvalue weighted by atomic mass is 10.2. The summed E-state index contributed by atoms with van der Waals surface area (Å²) in [7, 11) is 0. The fourth-order valence-electron chi connectivity index (χ4n) is 2.25. The molecule has 3 heterocycles. The van der Waals surface area contributed by atoms with Crippen LogP contribution in [-0.2, 0) is 0 Å². The van der Waals surface area contributed by atoms with Gasteiger partial charge in [-0.25, -0.2) is 4.63 Å². The minimum Gasteiger partial charge on any atom is -0.379 e. The van der Waals surface area contributed by atoms with E-state index in [-0.39, 0.29) is 29.4 Å². The number of rotatable bonds is 3. The molecule has 22 heavy (non-hydrogen) atoms.